The number of benzene rings is 1. The molecule has 18 heavy (non-hydrogen) atoms. The van der Waals surface area contributed by atoms with Crippen LogP contribution < -0.4 is 0 Å². The zero-order chi connectivity index (χ0) is 13.0. The summed E-state index contributed by atoms with van der Waals surface area (Å²) in [5.41, 5.74) is 0.978. The number of nitrogens with zero attached hydrogens (tertiary/aromatic N) is 1. The molecule has 0 bridgehead atoms. The molecule has 2 unspecified atom stereocenters. The maximum atomic E-state index is 12.7. The lowest BCUT2D eigenvalue weighted by molar-refractivity contribution is -0.128. The SMILES string of the molecule is CCC[C@@]1(c2ccccc2)CCN(PPC)C1=O. The van der Waals surface area contributed by atoms with E-state index in [0.29, 0.717) is 14.3 Å². The van der Waals surface area contributed by atoms with Crippen molar-refractivity contribution in [3.63, 3.8) is 0 Å². The molecule has 0 saturated carbocycles. The summed E-state index contributed by atoms with van der Waals surface area (Å²) in [5.74, 6) is 0.364. The molecule has 1 saturated heterocycles. The Hall–Kier alpha value is -0.450. The topological polar surface area (TPSA) is 20.3 Å². The van der Waals surface area contributed by atoms with Crippen molar-refractivity contribution in [2.75, 3.05) is 13.2 Å². The summed E-state index contributed by atoms with van der Waals surface area (Å²) in [6.45, 7) is 5.28. The van der Waals surface area contributed by atoms with Crippen molar-refractivity contribution >= 4 is 22.6 Å². The molecule has 98 valence electrons. The highest BCUT2D eigenvalue weighted by atomic mass is 32.0. The third-order valence-electron chi connectivity index (χ3n) is 3.67. The molecule has 3 atom stereocenters. The fourth-order valence-electron chi connectivity index (χ4n) is 2.84. The summed E-state index contributed by atoms with van der Waals surface area (Å²) < 4.78 is 2.08. The molecule has 1 heterocycles. The largest absolute Gasteiger partial charge is 0.320 e. The molecule has 1 aromatic rings. The van der Waals surface area contributed by atoms with Crippen LogP contribution in [0.4, 0.5) is 0 Å². The number of hydrogen-bond acceptors (Lipinski definition) is 1. The van der Waals surface area contributed by atoms with Crippen LogP contribution in [0.15, 0.2) is 30.3 Å². The van der Waals surface area contributed by atoms with Gasteiger partial charge in [0.05, 0.1) is 5.41 Å². The minimum absolute atomic E-state index is 0.233. The Labute approximate surface area is 113 Å². The molecule has 2 rings (SSSR count). The molecule has 0 aliphatic carbocycles. The molecule has 0 spiro atoms. The summed E-state index contributed by atoms with van der Waals surface area (Å²) in [4.78, 5) is 12.7. The zero-order valence-corrected chi connectivity index (χ0v) is 13.1. The third-order valence-corrected chi connectivity index (χ3v) is 6.07. The van der Waals surface area contributed by atoms with Crippen LogP contribution in [-0.2, 0) is 10.2 Å². The monoisotopic (exact) mass is 281 g/mol. The van der Waals surface area contributed by atoms with Gasteiger partial charge in [-0.15, -0.1) is 0 Å². The molecule has 1 amide bonds. The van der Waals surface area contributed by atoms with Crippen LogP contribution in [0, 0.1) is 0 Å². The Balaban J connectivity index is 2.32. The lowest BCUT2D eigenvalue weighted by atomic mass is 9.75. The Morgan fingerprint density at radius 3 is 2.67 bits per heavy atom. The molecule has 4 heteroatoms. The second-order valence-electron chi connectivity index (χ2n) is 4.77. The van der Waals surface area contributed by atoms with E-state index in [1.54, 1.807) is 0 Å². The van der Waals surface area contributed by atoms with Crippen molar-refractivity contribution in [3.05, 3.63) is 35.9 Å². The van der Waals surface area contributed by atoms with E-state index in [2.05, 4.69) is 30.4 Å². The van der Waals surface area contributed by atoms with Gasteiger partial charge in [-0.2, -0.15) is 0 Å². The molecule has 1 fully saturated rings. The van der Waals surface area contributed by atoms with Crippen LogP contribution in [0.25, 0.3) is 0 Å². The smallest absolute Gasteiger partial charge is 0.236 e. The van der Waals surface area contributed by atoms with Crippen molar-refractivity contribution in [2.45, 2.75) is 31.6 Å². The van der Waals surface area contributed by atoms with E-state index in [1.165, 1.54) is 5.56 Å². The van der Waals surface area contributed by atoms with E-state index in [-0.39, 0.29) is 5.41 Å². The Kier molecular flexibility index (Phi) is 4.76. The molecule has 1 aliphatic rings. The summed E-state index contributed by atoms with van der Waals surface area (Å²) in [7, 11) is 1.52. The van der Waals surface area contributed by atoms with Crippen molar-refractivity contribution in [2.24, 2.45) is 0 Å². The molecule has 0 N–H and O–H groups in total. The molecule has 1 aromatic carbocycles. The van der Waals surface area contributed by atoms with Gasteiger partial charge in [0.25, 0.3) is 0 Å². The van der Waals surface area contributed by atoms with E-state index in [4.69, 9.17) is 0 Å². The summed E-state index contributed by atoms with van der Waals surface area (Å²) in [5, 5.41) is 0. The Bertz CT molecular complexity index is 410. The van der Waals surface area contributed by atoms with Gasteiger partial charge < -0.3 is 4.67 Å². The second-order valence-corrected chi connectivity index (χ2v) is 8.20. The van der Waals surface area contributed by atoms with Gasteiger partial charge in [-0.1, -0.05) is 51.9 Å². The fraction of sp³-hybridized carbons (Fsp3) is 0.500. The number of amides is 1. The second kappa shape index (κ2) is 6.13. The van der Waals surface area contributed by atoms with Crippen molar-refractivity contribution < 1.29 is 4.79 Å². The average Bonchev–Trinajstić information content (AvgIpc) is 2.71. The summed E-state index contributed by atoms with van der Waals surface area (Å²) in [6, 6.07) is 10.4. The normalized spacial score (nSPS) is 25.0. The first-order valence-corrected chi connectivity index (χ1v) is 9.99. The molecular formula is C14H21NOP2. The summed E-state index contributed by atoms with van der Waals surface area (Å²) in [6.07, 6.45) is 3.02. The summed E-state index contributed by atoms with van der Waals surface area (Å²) >= 11 is 0. The van der Waals surface area contributed by atoms with Gasteiger partial charge >= 0.3 is 0 Å². The van der Waals surface area contributed by atoms with Crippen LogP contribution >= 0.6 is 16.7 Å². The number of carbonyl (C=O) groups excluding carboxylic acids is 1. The maximum Gasteiger partial charge on any atom is 0.236 e. The van der Waals surface area contributed by atoms with Crippen LogP contribution in [0.3, 0.4) is 0 Å². The minimum Gasteiger partial charge on any atom is -0.320 e. The number of rotatable bonds is 5. The fourth-order valence-corrected chi connectivity index (χ4v) is 5.10. The first-order valence-electron chi connectivity index (χ1n) is 6.54. The predicted octanol–water partition coefficient (Wildman–Crippen LogP) is 3.77. The third kappa shape index (κ3) is 2.46. The maximum absolute atomic E-state index is 12.7. The minimum atomic E-state index is -0.233. The number of hydrogen-bond donors (Lipinski definition) is 0. The van der Waals surface area contributed by atoms with E-state index in [9.17, 15) is 4.79 Å². The molecule has 0 aromatic heterocycles. The average molecular weight is 281 g/mol. The zero-order valence-electron chi connectivity index (χ0n) is 11.1. The van der Waals surface area contributed by atoms with Gasteiger partial charge in [0.1, 0.15) is 0 Å². The standard InChI is InChI=1S/C14H21NOP2/c1-3-9-14(12-7-5-4-6-8-12)10-11-15(13(14)16)18-17-2/h4-8,17-18H,3,9-11H2,1-2H3/t14-/m0/s1. The quantitative estimate of drug-likeness (QED) is 0.752. The van der Waals surface area contributed by atoms with Gasteiger partial charge in [-0.25, -0.2) is 0 Å². The highest BCUT2D eigenvalue weighted by molar-refractivity contribution is 8.10. The van der Waals surface area contributed by atoms with Crippen molar-refractivity contribution in [1.29, 1.82) is 0 Å². The van der Waals surface area contributed by atoms with E-state index in [1.807, 2.05) is 18.2 Å². The molecule has 0 radical (unpaired) electrons. The number of carbonyl (C=O) groups is 1. The lowest BCUT2D eigenvalue weighted by Crippen LogP contribution is -2.34. The van der Waals surface area contributed by atoms with Gasteiger partial charge in [0.15, 0.2) is 0 Å². The van der Waals surface area contributed by atoms with E-state index < -0.39 is 0 Å². The van der Waals surface area contributed by atoms with Gasteiger partial charge in [0.2, 0.25) is 5.91 Å². The van der Waals surface area contributed by atoms with Crippen LogP contribution in [0.1, 0.15) is 31.7 Å². The van der Waals surface area contributed by atoms with E-state index >= 15 is 0 Å². The van der Waals surface area contributed by atoms with Crippen molar-refractivity contribution in [1.82, 2.24) is 4.67 Å². The molecule has 1 aliphatic heterocycles. The molecule has 2 nitrogen and oxygen atoms in total. The first kappa shape index (κ1) is 14.0. The van der Waals surface area contributed by atoms with Crippen LogP contribution in [-0.4, -0.2) is 23.8 Å². The highest BCUT2D eigenvalue weighted by Crippen LogP contribution is 2.48. The van der Waals surface area contributed by atoms with Gasteiger partial charge in [0, 0.05) is 15.0 Å². The lowest BCUT2D eigenvalue weighted by Gasteiger charge is -2.28. The Morgan fingerprint density at radius 2 is 2.06 bits per heavy atom. The Morgan fingerprint density at radius 1 is 1.33 bits per heavy atom. The van der Waals surface area contributed by atoms with Gasteiger partial charge in [-0.05, 0) is 25.1 Å². The molecular weight excluding hydrogens is 260 g/mol. The highest BCUT2D eigenvalue weighted by Gasteiger charge is 2.46. The van der Waals surface area contributed by atoms with Crippen LogP contribution in [0.5, 0.6) is 0 Å². The predicted molar refractivity (Wildman–Crippen MR) is 81.9 cm³/mol. The van der Waals surface area contributed by atoms with Crippen molar-refractivity contribution in [3.8, 4) is 0 Å². The van der Waals surface area contributed by atoms with E-state index in [0.717, 1.165) is 34.1 Å². The van der Waals surface area contributed by atoms with Crippen LogP contribution in [0.2, 0.25) is 0 Å². The van der Waals surface area contributed by atoms with Gasteiger partial charge in [-0.3, -0.25) is 4.79 Å². The first-order chi connectivity index (χ1) is 8.74.